The van der Waals surface area contributed by atoms with Crippen LogP contribution in [0.1, 0.15) is 36.2 Å². The van der Waals surface area contributed by atoms with Gasteiger partial charge < -0.3 is 13.7 Å². The number of hydrogen-bond acceptors (Lipinski definition) is 6. The monoisotopic (exact) mass is 376 g/mol. The SMILES string of the molecule is COc1cc(OS(=O)(=O)c2ccc(C)cc2)cc2c1C(=O)CC(C)(C)O2. The minimum atomic E-state index is -4.02. The van der Waals surface area contributed by atoms with E-state index in [1.54, 1.807) is 26.0 Å². The Balaban J connectivity index is 2.01. The van der Waals surface area contributed by atoms with Crippen molar-refractivity contribution in [1.82, 2.24) is 0 Å². The molecule has 0 aromatic heterocycles. The molecule has 0 aliphatic carbocycles. The average Bonchev–Trinajstić information content (AvgIpc) is 2.52. The van der Waals surface area contributed by atoms with E-state index in [1.807, 2.05) is 6.92 Å². The first-order valence-corrected chi connectivity index (χ1v) is 9.47. The summed E-state index contributed by atoms with van der Waals surface area (Å²) in [6, 6.07) is 9.11. The van der Waals surface area contributed by atoms with Gasteiger partial charge in [-0.05, 0) is 32.9 Å². The summed E-state index contributed by atoms with van der Waals surface area (Å²) in [5.41, 5.74) is 0.546. The van der Waals surface area contributed by atoms with Crippen molar-refractivity contribution >= 4 is 15.9 Å². The molecule has 1 aliphatic rings. The van der Waals surface area contributed by atoms with Gasteiger partial charge in [-0.3, -0.25) is 4.79 Å². The standard InChI is InChI=1S/C19H20O6S/c1-12-5-7-14(8-6-12)26(21,22)25-13-9-16(23-4)18-15(20)11-19(2,3)24-17(18)10-13/h5-10H,11H2,1-4H3. The van der Waals surface area contributed by atoms with Crippen LogP contribution in [0.15, 0.2) is 41.3 Å². The molecule has 0 N–H and O–H groups in total. The Kier molecular flexibility index (Phi) is 4.44. The van der Waals surface area contributed by atoms with Gasteiger partial charge in [0.15, 0.2) is 5.78 Å². The molecule has 0 unspecified atom stereocenters. The van der Waals surface area contributed by atoms with Gasteiger partial charge in [-0.2, -0.15) is 8.42 Å². The molecule has 0 fully saturated rings. The zero-order valence-electron chi connectivity index (χ0n) is 15.0. The number of hydrogen-bond donors (Lipinski definition) is 0. The van der Waals surface area contributed by atoms with Crippen molar-refractivity contribution in [3.05, 3.63) is 47.5 Å². The summed E-state index contributed by atoms with van der Waals surface area (Å²) in [7, 11) is -2.62. The van der Waals surface area contributed by atoms with Crippen molar-refractivity contribution in [1.29, 1.82) is 0 Å². The topological polar surface area (TPSA) is 78.9 Å². The molecule has 0 amide bonds. The van der Waals surface area contributed by atoms with Crippen molar-refractivity contribution in [3.8, 4) is 17.2 Å². The lowest BCUT2D eigenvalue weighted by molar-refractivity contribution is 0.0613. The zero-order valence-corrected chi connectivity index (χ0v) is 15.8. The number of ketones is 1. The third-order valence-electron chi connectivity index (χ3n) is 4.03. The first-order chi connectivity index (χ1) is 12.1. The molecule has 1 heterocycles. The number of carbonyl (C=O) groups excluding carboxylic acids is 1. The predicted octanol–water partition coefficient (Wildman–Crippen LogP) is 3.52. The molecule has 0 atom stereocenters. The van der Waals surface area contributed by atoms with Crippen LogP contribution in [-0.4, -0.2) is 26.9 Å². The maximum atomic E-state index is 12.5. The maximum absolute atomic E-state index is 12.5. The van der Waals surface area contributed by atoms with Gasteiger partial charge in [0.2, 0.25) is 0 Å². The first-order valence-electron chi connectivity index (χ1n) is 8.07. The Morgan fingerprint density at radius 1 is 1.12 bits per heavy atom. The van der Waals surface area contributed by atoms with Crippen molar-refractivity contribution in [2.24, 2.45) is 0 Å². The van der Waals surface area contributed by atoms with E-state index in [4.69, 9.17) is 13.7 Å². The van der Waals surface area contributed by atoms with E-state index in [9.17, 15) is 13.2 Å². The summed E-state index contributed by atoms with van der Waals surface area (Å²) in [4.78, 5) is 12.5. The van der Waals surface area contributed by atoms with Crippen LogP contribution in [-0.2, 0) is 10.1 Å². The van der Waals surface area contributed by atoms with Crippen LogP contribution in [0.3, 0.4) is 0 Å². The summed E-state index contributed by atoms with van der Waals surface area (Å²) in [6.45, 7) is 5.44. The van der Waals surface area contributed by atoms with E-state index in [1.165, 1.54) is 31.4 Å². The zero-order chi connectivity index (χ0) is 19.1. The Morgan fingerprint density at radius 3 is 2.38 bits per heavy atom. The van der Waals surface area contributed by atoms with Gasteiger partial charge in [-0.1, -0.05) is 17.7 Å². The highest BCUT2D eigenvalue weighted by Crippen LogP contribution is 2.41. The summed E-state index contributed by atoms with van der Waals surface area (Å²) < 4.78 is 41.3. The number of Topliss-reactive ketones (excluding diaryl/α,β-unsaturated/α-hetero) is 1. The van der Waals surface area contributed by atoms with E-state index in [0.29, 0.717) is 5.56 Å². The minimum Gasteiger partial charge on any atom is -0.496 e. The predicted molar refractivity (Wildman–Crippen MR) is 95.6 cm³/mol. The Hall–Kier alpha value is -2.54. The highest BCUT2D eigenvalue weighted by molar-refractivity contribution is 7.87. The molecule has 7 heteroatoms. The fourth-order valence-corrected chi connectivity index (χ4v) is 3.73. The van der Waals surface area contributed by atoms with Crippen molar-refractivity contribution in [2.75, 3.05) is 7.11 Å². The minimum absolute atomic E-state index is 0.0201. The summed E-state index contributed by atoms with van der Waals surface area (Å²) in [6.07, 6.45) is 0.207. The molecule has 26 heavy (non-hydrogen) atoms. The van der Waals surface area contributed by atoms with Gasteiger partial charge in [-0.25, -0.2) is 0 Å². The average molecular weight is 376 g/mol. The highest BCUT2D eigenvalue weighted by Gasteiger charge is 2.35. The van der Waals surface area contributed by atoms with Crippen LogP contribution >= 0.6 is 0 Å². The Bertz CT molecular complexity index is 958. The van der Waals surface area contributed by atoms with E-state index in [0.717, 1.165) is 5.56 Å². The normalized spacial score (nSPS) is 15.8. The maximum Gasteiger partial charge on any atom is 0.339 e. The van der Waals surface area contributed by atoms with Crippen molar-refractivity contribution < 1.29 is 26.9 Å². The third-order valence-corrected chi connectivity index (χ3v) is 5.29. The van der Waals surface area contributed by atoms with Crippen LogP contribution in [0.25, 0.3) is 0 Å². The van der Waals surface area contributed by atoms with Crippen LogP contribution in [0, 0.1) is 6.92 Å². The largest absolute Gasteiger partial charge is 0.496 e. The lowest BCUT2D eigenvalue weighted by Gasteiger charge is -2.32. The van der Waals surface area contributed by atoms with Crippen LogP contribution < -0.4 is 13.7 Å². The number of aryl methyl sites for hydroxylation is 1. The summed E-state index contributed by atoms with van der Waals surface area (Å²) >= 11 is 0. The molecule has 0 spiro atoms. The van der Waals surface area contributed by atoms with Crippen molar-refractivity contribution in [2.45, 2.75) is 37.7 Å². The number of methoxy groups -OCH3 is 1. The molecule has 2 aromatic carbocycles. The fraction of sp³-hybridized carbons (Fsp3) is 0.316. The lowest BCUT2D eigenvalue weighted by Crippen LogP contribution is -2.36. The molecule has 0 saturated carbocycles. The van der Waals surface area contributed by atoms with E-state index in [2.05, 4.69) is 0 Å². The number of rotatable bonds is 4. The second-order valence-corrected chi connectivity index (χ2v) is 8.36. The molecular formula is C19H20O6S. The second kappa shape index (κ2) is 6.32. The number of carbonyl (C=O) groups is 1. The van der Waals surface area contributed by atoms with Crippen LogP contribution in [0.5, 0.6) is 17.2 Å². The van der Waals surface area contributed by atoms with E-state index < -0.39 is 15.7 Å². The molecule has 1 aliphatic heterocycles. The second-order valence-electron chi connectivity index (χ2n) is 6.81. The lowest BCUT2D eigenvalue weighted by atomic mass is 9.92. The van der Waals surface area contributed by atoms with Crippen molar-refractivity contribution in [3.63, 3.8) is 0 Å². The van der Waals surface area contributed by atoms with Crippen LogP contribution in [0.4, 0.5) is 0 Å². The summed E-state index contributed by atoms with van der Waals surface area (Å²) in [5.74, 6) is 0.365. The quantitative estimate of drug-likeness (QED) is 0.760. The van der Waals surface area contributed by atoms with Gasteiger partial charge in [0.25, 0.3) is 0 Å². The highest BCUT2D eigenvalue weighted by atomic mass is 32.2. The van der Waals surface area contributed by atoms with Gasteiger partial charge in [-0.15, -0.1) is 0 Å². The molecular weight excluding hydrogens is 356 g/mol. The van der Waals surface area contributed by atoms with E-state index >= 15 is 0 Å². The van der Waals surface area contributed by atoms with E-state index in [-0.39, 0.29) is 34.3 Å². The smallest absolute Gasteiger partial charge is 0.339 e. The number of fused-ring (bicyclic) bond motifs is 1. The van der Waals surface area contributed by atoms with Gasteiger partial charge in [0.05, 0.1) is 13.5 Å². The Morgan fingerprint density at radius 2 is 1.77 bits per heavy atom. The number of ether oxygens (including phenoxy) is 2. The molecule has 3 rings (SSSR count). The molecule has 138 valence electrons. The molecule has 0 saturated heterocycles. The number of benzene rings is 2. The molecule has 0 radical (unpaired) electrons. The van der Waals surface area contributed by atoms with Gasteiger partial charge in [0, 0.05) is 12.1 Å². The first kappa shape index (κ1) is 18.3. The third kappa shape index (κ3) is 3.53. The summed E-state index contributed by atoms with van der Waals surface area (Å²) in [5, 5.41) is 0. The van der Waals surface area contributed by atoms with Crippen LogP contribution in [0.2, 0.25) is 0 Å². The Labute approximate surface area is 152 Å². The molecule has 2 aromatic rings. The molecule has 0 bridgehead atoms. The fourth-order valence-electron chi connectivity index (χ4n) is 2.82. The van der Waals surface area contributed by atoms with Gasteiger partial charge in [0.1, 0.15) is 33.3 Å². The molecule has 6 nitrogen and oxygen atoms in total. The van der Waals surface area contributed by atoms with Gasteiger partial charge >= 0.3 is 10.1 Å².